The van der Waals surface area contributed by atoms with Crippen molar-refractivity contribution in [1.82, 2.24) is 9.78 Å². The number of carbonyl (C=O) groups excluding carboxylic acids is 2. The van der Waals surface area contributed by atoms with Gasteiger partial charge in [-0.2, -0.15) is 5.10 Å². The van der Waals surface area contributed by atoms with Crippen molar-refractivity contribution in [1.29, 1.82) is 0 Å². The van der Waals surface area contributed by atoms with Crippen molar-refractivity contribution in [3.63, 3.8) is 0 Å². The molecule has 0 unspecified atom stereocenters. The Morgan fingerprint density at radius 2 is 2.00 bits per heavy atom. The number of aryl methyl sites for hydroxylation is 1. The summed E-state index contributed by atoms with van der Waals surface area (Å²) in [7, 11) is 0. The Labute approximate surface area is 179 Å². The molecule has 0 spiro atoms. The van der Waals surface area contributed by atoms with E-state index in [9.17, 15) is 9.59 Å². The molecular formula is C23H23N3O5. The van der Waals surface area contributed by atoms with Crippen LogP contribution in [0.15, 0.2) is 48.7 Å². The number of esters is 1. The van der Waals surface area contributed by atoms with E-state index in [0.29, 0.717) is 42.1 Å². The van der Waals surface area contributed by atoms with E-state index in [1.165, 1.54) is 6.20 Å². The third kappa shape index (κ3) is 4.53. The quantitative estimate of drug-likeness (QED) is 0.586. The first-order valence-corrected chi connectivity index (χ1v) is 10.1. The van der Waals surface area contributed by atoms with Gasteiger partial charge in [-0.05, 0) is 56.2 Å². The smallest absolute Gasteiger partial charge is 0.341 e. The van der Waals surface area contributed by atoms with Gasteiger partial charge in [0, 0.05) is 12.1 Å². The summed E-state index contributed by atoms with van der Waals surface area (Å²) in [5, 5.41) is 7.21. The highest BCUT2D eigenvalue weighted by atomic mass is 16.7. The predicted octanol–water partition coefficient (Wildman–Crippen LogP) is 3.66. The minimum atomic E-state index is -0.403. The van der Waals surface area contributed by atoms with Gasteiger partial charge in [-0.3, -0.25) is 4.79 Å². The van der Waals surface area contributed by atoms with E-state index in [1.807, 2.05) is 42.5 Å². The maximum absolute atomic E-state index is 12.4. The number of rotatable bonds is 7. The van der Waals surface area contributed by atoms with Gasteiger partial charge in [-0.25, -0.2) is 9.48 Å². The maximum atomic E-state index is 12.4. The van der Waals surface area contributed by atoms with E-state index < -0.39 is 5.97 Å². The van der Waals surface area contributed by atoms with Crippen LogP contribution in [0, 0.1) is 6.92 Å². The predicted molar refractivity (Wildman–Crippen MR) is 114 cm³/mol. The Hall–Kier alpha value is -3.81. The summed E-state index contributed by atoms with van der Waals surface area (Å²) >= 11 is 0. The third-order valence-corrected chi connectivity index (χ3v) is 4.96. The Kier molecular flexibility index (Phi) is 5.88. The van der Waals surface area contributed by atoms with Crippen LogP contribution >= 0.6 is 0 Å². The summed E-state index contributed by atoms with van der Waals surface area (Å²) in [4.78, 5) is 24.5. The molecule has 0 bridgehead atoms. The second-order valence-corrected chi connectivity index (χ2v) is 7.06. The molecule has 8 nitrogen and oxygen atoms in total. The molecule has 160 valence electrons. The van der Waals surface area contributed by atoms with Crippen molar-refractivity contribution in [2.45, 2.75) is 26.7 Å². The molecule has 4 rings (SSSR count). The Balaban J connectivity index is 1.40. The number of benzene rings is 2. The standard InChI is InChI=1S/C23H23N3O5/c1-3-29-23(28)19-13-24-26(15(19)2)18-6-4-5-17(12-18)25-22(27)10-8-16-7-9-20-21(11-16)31-14-30-20/h4-7,9,11-13H,3,8,10,14H2,1-2H3,(H,25,27). The Morgan fingerprint density at radius 3 is 2.84 bits per heavy atom. The molecule has 1 amide bonds. The lowest BCUT2D eigenvalue weighted by Gasteiger charge is -2.10. The number of nitrogens with one attached hydrogen (secondary N) is 1. The largest absolute Gasteiger partial charge is 0.462 e. The number of carbonyl (C=O) groups is 2. The van der Waals surface area contributed by atoms with Gasteiger partial charge in [0.05, 0.1) is 24.2 Å². The molecule has 0 aliphatic carbocycles. The second kappa shape index (κ2) is 8.91. The van der Waals surface area contributed by atoms with Crippen molar-refractivity contribution in [3.8, 4) is 17.2 Å². The molecule has 0 radical (unpaired) electrons. The van der Waals surface area contributed by atoms with Gasteiger partial charge >= 0.3 is 5.97 Å². The number of fused-ring (bicyclic) bond motifs is 1. The molecule has 3 aromatic rings. The third-order valence-electron chi connectivity index (χ3n) is 4.96. The van der Waals surface area contributed by atoms with Crippen LogP contribution in [0.2, 0.25) is 0 Å². The lowest BCUT2D eigenvalue weighted by Crippen LogP contribution is -2.13. The van der Waals surface area contributed by atoms with Gasteiger partial charge in [0.1, 0.15) is 5.56 Å². The maximum Gasteiger partial charge on any atom is 0.341 e. The first-order valence-electron chi connectivity index (χ1n) is 10.1. The van der Waals surface area contributed by atoms with Gasteiger partial charge in [-0.1, -0.05) is 12.1 Å². The summed E-state index contributed by atoms with van der Waals surface area (Å²) in [6, 6.07) is 13.0. The number of hydrogen-bond acceptors (Lipinski definition) is 6. The molecule has 1 aromatic heterocycles. The van der Waals surface area contributed by atoms with Crippen LogP contribution in [0.25, 0.3) is 5.69 Å². The number of amides is 1. The number of hydrogen-bond donors (Lipinski definition) is 1. The van der Waals surface area contributed by atoms with Gasteiger partial charge in [0.25, 0.3) is 0 Å². The Morgan fingerprint density at radius 1 is 1.16 bits per heavy atom. The topological polar surface area (TPSA) is 91.7 Å². The van der Waals surface area contributed by atoms with Gasteiger partial charge in [0.2, 0.25) is 12.7 Å². The van der Waals surface area contributed by atoms with E-state index in [1.54, 1.807) is 18.5 Å². The number of aromatic nitrogens is 2. The molecule has 8 heteroatoms. The van der Waals surface area contributed by atoms with Crippen molar-refractivity contribution in [2.24, 2.45) is 0 Å². The highest BCUT2D eigenvalue weighted by Gasteiger charge is 2.17. The minimum absolute atomic E-state index is 0.0979. The summed E-state index contributed by atoms with van der Waals surface area (Å²) in [6.07, 6.45) is 2.41. The molecule has 2 heterocycles. The molecule has 2 aromatic carbocycles. The molecule has 1 aliphatic rings. The van der Waals surface area contributed by atoms with Crippen molar-refractivity contribution >= 4 is 17.6 Å². The van der Waals surface area contributed by atoms with E-state index in [4.69, 9.17) is 14.2 Å². The molecule has 0 atom stereocenters. The fourth-order valence-corrected chi connectivity index (χ4v) is 3.37. The van der Waals surface area contributed by atoms with Crippen LogP contribution in [0.5, 0.6) is 11.5 Å². The molecule has 31 heavy (non-hydrogen) atoms. The van der Waals surface area contributed by atoms with Crippen LogP contribution in [0.4, 0.5) is 5.69 Å². The van der Waals surface area contributed by atoms with Crippen LogP contribution in [0.3, 0.4) is 0 Å². The number of ether oxygens (including phenoxy) is 3. The molecule has 0 saturated carbocycles. The van der Waals surface area contributed by atoms with Crippen LogP contribution in [-0.2, 0) is 16.0 Å². The highest BCUT2D eigenvalue weighted by Crippen LogP contribution is 2.32. The average molecular weight is 421 g/mol. The zero-order valence-corrected chi connectivity index (χ0v) is 17.4. The highest BCUT2D eigenvalue weighted by molar-refractivity contribution is 5.91. The molecule has 0 fully saturated rings. The molecular weight excluding hydrogens is 398 g/mol. The van der Waals surface area contributed by atoms with Gasteiger partial charge in [-0.15, -0.1) is 0 Å². The van der Waals surface area contributed by atoms with Crippen molar-refractivity contribution in [3.05, 3.63) is 65.5 Å². The van der Waals surface area contributed by atoms with Gasteiger partial charge in [0.15, 0.2) is 11.5 Å². The summed E-state index contributed by atoms with van der Waals surface area (Å²) < 4.78 is 17.4. The zero-order chi connectivity index (χ0) is 21.8. The van der Waals surface area contributed by atoms with E-state index >= 15 is 0 Å². The van der Waals surface area contributed by atoms with E-state index in [0.717, 1.165) is 17.0 Å². The summed E-state index contributed by atoms with van der Waals surface area (Å²) in [5.41, 5.74) is 3.49. The summed E-state index contributed by atoms with van der Waals surface area (Å²) in [6.45, 7) is 4.09. The average Bonchev–Trinajstić information content (AvgIpc) is 3.38. The first-order chi connectivity index (χ1) is 15.0. The van der Waals surface area contributed by atoms with Crippen LogP contribution in [-0.4, -0.2) is 35.1 Å². The SMILES string of the molecule is CCOC(=O)c1cnn(-c2cccc(NC(=O)CCc3ccc4c(c3)OCO4)c2)c1C. The fourth-order valence-electron chi connectivity index (χ4n) is 3.37. The minimum Gasteiger partial charge on any atom is -0.462 e. The monoisotopic (exact) mass is 421 g/mol. The molecule has 0 saturated heterocycles. The molecule has 1 N–H and O–H groups in total. The molecule has 1 aliphatic heterocycles. The van der Waals surface area contributed by atoms with Crippen LogP contribution < -0.4 is 14.8 Å². The lowest BCUT2D eigenvalue weighted by atomic mass is 10.1. The second-order valence-electron chi connectivity index (χ2n) is 7.06. The van der Waals surface area contributed by atoms with E-state index in [-0.39, 0.29) is 12.7 Å². The normalized spacial score (nSPS) is 11.9. The Bertz CT molecular complexity index is 1120. The zero-order valence-electron chi connectivity index (χ0n) is 17.4. The van der Waals surface area contributed by atoms with Gasteiger partial charge < -0.3 is 19.5 Å². The first kappa shape index (κ1) is 20.5. The number of anilines is 1. The van der Waals surface area contributed by atoms with E-state index in [2.05, 4.69) is 10.4 Å². The van der Waals surface area contributed by atoms with Crippen LogP contribution in [0.1, 0.15) is 35.0 Å². The number of nitrogens with zero attached hydrogens (tertiary/aromatic N) is 2. The fraction of sp³-hybridized carbons (Fsp3) is 0.261. The lowest BCUT2D eigenvalue weighted by molar-refractivity contribution is -0.116. The van der Waals surface area contributed by atoms with Crippen molar-refractivity contribution in [2.75, 3.05) is 18.7 Å². The van der Waals surface area contributed by atoms with Crippen molar-refractivity contribution < 1.29 is 23.8 Å². The summed E-state index contributed by atoms with van der Waals surface area (Å²) in [5.74, 6) is 0.936.